The summed E-state index contributed by atoms with van der Waals surface area (Å²) < 4.78 is 4.82. The molecule has 104 valence electrons. The third-order valence-corrected chi connectivity index (χ3v) is 3.04. The van der Waals surface area contributed by atoms with E-state index in [9.17, 15) is 9.59 Å². The maximum atomic E-state index is 12.0. The Bertz CT molecular complexity index is 577. The van der Waals surface area contributed by atoms with Crippen molar-refractivity contribution in [3.8, 4) is 0 Å². The highest BCUT2D eigenvalue weighted by Crippen LogP contribution is 2.30. The van der Waals surface area contributed by atoms with E-state index in [1.54, 1.807) is 0 Å². The van der Waals surface area contributed by atoms with E-state index < -0.39 is 12.1 Å². The minimum atomic E-state index is -1.00. The maximum absolute atomic E-state index is 12.0. The van der Waals surface area contributed by atoms with Crippen molar-refractivity contribution in [2.24, 2.45) is 0 Å². The Hall–Kier alpha value is -2.56. The van der Waals surface area contributed by atoms with E-state index in [-0.39, 0.29) is 6.04 Å². The van der Waals surface area contributed by atoms with Crippen molar-refractivity contribution in [3.05, 3.63) is 48.1 Å². The van der Waals surface area contributed by atoms with Gasteiger partial charge in [0, 0.05) is 6.08 Å². The molecule has 5 nitrogen and oxygen atoms in total. The summed E-state index contributed by atoms with van der Waals surface area (Å²) in [5, 5.41) is 8.61. The molecule has 5 heteroatoms. The second-order valence-electron chi connectivity index (χ2n) is 4.30. The Balaban J connectivity index is 2.29. The SMILES string of the molecule is COC(=O)N1c2ccccc2C=CC1C/C=C/C(=O)O. The van der Waals surface area contributed by atoms with Gasteiger partial charge in [-0.1, -0.05) is 36.4 Å². The fraction of sp³-hybridized carbons (Fsp3) is 0.200. The van der Waals surface area contributed by atoms with Crippen molar-refractivity contribution in [1.82, 2.24) is 0 Å². The molecule has 1 unspecified atom stereocenters. The smallest absolute Gasteiger partial charge is 0.414 e. The number of carboxylic acid groups (broad SMARTS) is 1. The van der Waals surface area contributed by atoms with Crippen LogP contribution in [0.4, 0.5) is 10.5 Å². The number of para-hydroxylation sites is 1. The van der Waals surface area contributed by atoms with E-state index in [4.69, 9.17) is 9.84 Å². The number of benzene rings is 1. The zero-order chi connectivity index (χ0) is 14.5. The minimum absolute atomic E-state index is 0.257. The summed E-state index contributed by atoms with van der Waals surface area (Å²) in [4.78, 5) is 24.0. The van der Waals surface area contributed by atoms with Gasteiger partial charge >= 0.3 is 12.1 Å². The fourth-order valence-electron chi connectivity index (χ4n) is 2.15. The Morgan fingerprint density at radius 2 is 2.15 bits per heavy atom. The molecule has 1 aliphatic rings. The molecular weight excluding hydrogens is 258 g/mol. The van der Waals surface area contributed by atoms with Crippen molar-refractivity contribution in [2.75, 3.05) is 12.0 Å². The van der Waals surface area contributed by atoms with E-state index in [1.165, 1.54) is 18.1 Å². The number of methoxy groups -OCH3 is 1. The number of anilines is 1. The highest BCUT2D eigenvalue weighted by atomic mass is 16.5. The number of hydrogen-bond donors (Lipinski definition) is 1. The van der Waals surface area contributed by atoms with E-state index in [2.05, 4.69) is 0 Å². The number of amides is 1. The molecule has 0 spiro atoms. The third-order valence-electron chi connectivity index (χ3n) is 3.04. The Morgan fingerprint density at radius 3 is 2.85 bits per heavy atom. The van der Waals surface area contributed by atoms with Crippen LogP contribution in [0.1, 0.15) is 12.0 Å². The van der Waals surface area contributed by atoms with Gasteiger partial charge < -0.3 is 9.84 Å². The molecule has 1 aromatic rings. The third kappa shape index (κ3) is 2.88. The predicted octanol–water partition coefficient (Wildman–Crippen LogP) is 2.69. The molecule has 2 rings (SSSR count). The number of aliphatic carboxylic acids is 1. The van der Waals surface area contributed by atoms with Crippen molar-refractivity contribution in [1.29, 1.82) is 0 Å². The zero-order valence-corrected chi connectivity index (χ0v) is 11.0. The number of ether oxygens (including phenoxy) is 1. The standard InChI is InChI=1S/C15H15NO4/c1-20-15(19)16-12(6-4-8-14(17)18)10-9-11-5-2-3-7-13(11)16/h2-5,7-10,12H,6H2,1H3,(H,17,18)/b8-4+. The summed E-state index contributed by atoms with van der Waals surface area (Å²) in [5.41, 5.74) is 1.69. The van der Waals surface area contributed by atoms with Crippen molar-refractivity contribution in [2.45, 2.75) is 12.5 Å². The second-order valence-corrected chi connectivity index (χ2v) is 4.30. The van der Waals surface area contributed by atoms with Crippen LogP contribution in [0.2, 0.25) is 0 Å². The van der Waals surface area contributed by atoms with Gasteiger partial charge in [0.2, 0.25) is 0 Å². The molecule has 0 saturated carbocycles. The van der Waals surface area contributed by atoms with Gasteiger partial charge in [0.25, 0.3) is 0 Å². The molecule has 0 radical (unpaired) electrons. The summed E-state index contributed by atoms with van der Waals surface area (Å²) in [7, 11) is 1.33. The van der Waals surface area contributed by atoms with Gasteiger partial charge in [-0.25, -0.2) is 9.59 Å². The van der Waals surface area contributed by atoms with Crippen LogP contribution in [0.15, 0.2) is 42.5 Å². The summed E-state index contributed by atoms with van der Waals surface area (Å²) in [5.74, 6) is -1.00. The van der Waals surface area contributed by atoms with Gasteiger partial charge in [-0.05, 0) is 18.1 Å². The van der Waals surface area contributed by atoms with Crippen LogP contribution >= 0.6 is 0 Å². The lowest BCUT2D eigenvalue weighted by molar-refractivity contribution is -0.131. The van der Waals surface area contributed by atoms with Gasteiger partial charge in [0.1, 0.15) is 0 Å². The number of fused-ring (bicyclic) bond motifs is 1. The van der Waals surface area contributed by atoms with Crippen LogP contribution in [0.25, 0.3) is 6.08 Å². The number of hydrogen-bond acceptors (Lipinski definition) is 3. The Morgan fingerprint density at radius 1 is 1.40 bits per heavy atom. The fourth-order valence-corrected chi connectivity index (χ4v) is 2.15. The monoisotopic (exact) mass is 273 g/mol. The molecule has 0 fully saturated rings. The average molecular weight is 273 g/mol. The number of rotatable bonds is 3. The van der Waals surface area contributed by atoms with Gasteiger partial charge in [-0.3, -0.25) is 4.90 Å². The molecule has 1 heterocycles. The van der Waals surface area contributed by atoms with E-state index in [0.717, 1.165) is 17.3 Å². The van der Waals surface area contributed by atoms with Crippen LogP contribution in [-0.2, 0) is 9.53 Å². The lowest BCUT2D eigenvalue weighted by Gasteiger charge is -2.32. The molecule has 1 aromatic carbocycles. The lowest BCUT2D eigenvalue weighted by Crippen LogP contribution is -2.41. The first-order valence-electron chi connectivity index (χ1n) is 6.17. The van der Waals surface area contributed by atoms with Crippen molar-refractivity contribution in [3.63, 3.8) is 0 Å². The first kappa shape index (κ1) is 13.9. The molecule has 1 atom stereocenters. The number of carbonyl (C=O) groups is 2. The maximum Gasteiger partial charge on any atom is 0.414 e. The number of nitrogens with zero attached hydrogens (tertiary/aromatic N) is 1. The molecule has 0 bridgehead atoms. The number of carbonyl (C=O) groups excluding carboxylic acids is 1. The predicted molar refractivity (Wildman–Crippen MR) is 75.5 cm³/mol. The molecule has 0 saturated heterocycles. The van der Waals surface area contributed by atoms with Gasteiger partial charge in [0.05, 0.1) is 18.8 Å². The lowest BCUT2D eigenvalue weighted by atomic mass is 10.0. The van der Waals surface area contributed by atoms with Crippen molar-refractivity contribution < 1.29 is 19.4 Å². The Labute approximate surface area is 116 Å². The van der Waals surface area contributed by atoms with Crippen LogP contribution in [0.3, 0.4) is 0 Å². The first-order chi connectivity index (χ1) is 9.63. The van der Waals surface area contributed by atoms with Crippen LogP contribution in [0, 0.1) is 0 Å². The molecule has 20 heavy (non-hydrogen) atoms. The average Bonchev–Trinajstić information content (AvgIpc) is 2.45. The van der Waals surface area contributed by atoms with Gasteiger partial charge in [-0.2, -0.15) is 0 Å². The summed E-state index contributed by atoms with van der Waals surface area (Å²) >= 11 is 0. The molecule has 0 aliphatic carbocycles. The molecule has 1 N–H and O–H groups in total. The highest BCUT2D eigenvalue weighted by Gasteiger charge is 2.27. The van der Waals surface area contributed by atoms with Crippen LogP contribution in [0.5, 0.6) is 0 Å². The molecule has 1 amide bonds. The second kappa shape index (κ2) is 6.06. The van der Waals surface area contributed by atoms with Crippen LogP contribution in [-0.4, -0.2) is 30.3 Å². The number of carboxylic acids is 1. The minimum Gasteiger partial charge on any atom is -0.478 e. The van der Waals surface area contributed by atoms with Crippen LogP contribution < -0.4 is 4.90 Å². The molecular formula is C15H15NO4. The van der Waals surface area contributed by atoms with E-state index in [0.29, 0.717) is 6.42 Å². The normalized spacial score (nSPS) is 17.1. The van der Waals surface area contributed by atoms with Gasteiger partial charge in [0.15, 0.2) is 0 Å². The summed E-state index contributed by atoms with van der Waals surface area (Å²) in [6, 6.07) is 7.23. The first-order valence-corrected chi connectivity index (χ1v) is 6.17. The topological polar surface area (TPSA) is 66.8 Å². The summed E-state index contributed by atoms with van der Waals surface area (Å²) in [6.07, 6.45) is 6.34. The molecule has 0 aromatic heterocycles. The van der Waals surface area contributed by atoms with Gasteiger partial charge in [-0.15, -0.1) is 0 Å². The summed E-state index contributed by atoms with van der Waals surface area (Å²) in [6.45, 7) is 0. The Kier molecular flexibility index (Phi) is 4.20. The quantitative estimate of drug-likeness (QED) is 0.860. The zero-order valence-electron chi connectivity index (χ0n) is 11.0. The van der Waals surface area contributed by atoms with Crippen molar-refractivity contribution >= 4 is 23.8 Å². The highest BCUT2D eigenvalue weighted by molar-refractivity contribution is 5.93. The largest absolute Gasteiger partial charge is 0.478 e. The molecule has 1 aliphatic heterocycles. The van der Waals surface area contributed by atoms with E-state index in [1.807, 2.05) is 36.4 Å². The van der Waals surface area contributed by atoms with E-state index >= 15 is 0 Å².